The molecule has 5 heteroatoms. The molecule has 0 aliphatic rings. The SMILES string of the molecule is Oc1cccc(-c2nnc3ccc(O)cn23)c1. The van der Waals surface area contributed by atoms with Crippen LogP contribution < -0.4 is 0 Å². The molecule has 0 spiro atoms. The van der Waals surface area contributed by atoms with Crippen LogP contribution in [0.1, 0.15) is 0 Å². The van der Waals surface area contributed by atoms with Crippen molar-refractivity contribution in [1.29, 1.82) is 0 Å². The number of hydrogen-bond acceptors (Lipinski definition) is 4. The smallest absolute Gasteiger partial charge is 0.168 e. The van der Waals surface area contributed by atoms with Gasteiger partial charge in [-0.15, -0.1) is 10.2 Å². The molecular weight excluding hydrogens is 218 g/mol. The van der Waals surface area contributed by atoms with Gasteiger partial charge in [-0.25, -0.2) is 0 Å². The molecule has 2 aromatic heterocycles. The molecule has 0 unspecified atom stereocenters. The highest BCUT2D eigenvalue weighted by atomic mass is 16.3. The Kier molecular flexibility index (Phi) is 1.98. The van der Waals surface area contributed by atoms with E-state index >= 15 is 0 Å². The van der Waals surface area contributed by atoms with E-state index in [-0.39, 0.29) is 11.5 Å². The lowest BCUT2D eigenvalue weighted by molar-refractivity contribution is 0.472. The second kappa shape index (κ2) is 3.48. The van der Waals surface area contributed by atoms with Crippen LogP contribution in [0.15, 0.2) is 42.6 Å². The fourth-order valence-corrected chi connectivity index (χ4v) is 1.72. The fourth-order valence-electron chi connectivity index (χ4n) is 1.72. The van der Waals surface area contributed by atoms with E-state index in [1.807, 2.05) is 6.07 Å². The standard InChI is InChI=1S/C12H9N3O2/c16-9-3-1-2-8(6-9)12-14-13-11-5-4-10(17)7-15(11)12/h1-7,16-17H. The number of aromatic nitrogens is 3. The van der Waals surface area contributed by atoms with Crippen LogP contribution in [0.5, 0.6) is 11.5 Å². The Balaban J connectivity index is 2.27. The second-order valence-corrected chi connectivity index (χ2v) is 3.69. The Morgan fingerprint density at radius 1 is 0.941 bits per heavy atom. The first-order valence-electron chi connectivity index (χ1n) is 5.07. The van der Waals surface area contributed by atoms with Crippen LogP contribution in [0.4, 0.5) is 0 Å². The normalized spacial score (nSPS) is 10.8. The topological polar surface area (TPSA) is 70.7 Å². The molecule has 3 aromatic rings. The average molecular weight is 227 g/mol. The highest BCUT2D eigenvalue weighted by Crippen LogP contribution is 2.23. The van der Waals surface area contributed by atoms with Crippen LogP contribution in [-0.4, -0.2) is 24.8 Å². The van der Waals surface area contributed by atoms with Crippen molar-refractivity contribution in [3.05, 3.63) is 42.6 Å². The molecule has 0 amide bonds. The molecule has 0 radical (unpaired) electrons. The highest BCUT2D eigenvalue weighted by Gasteiger charge is 2.08. The summed E-state index contributed by atoms with van der Waals surface area (Å²) >= 11 is 0. The van der Waals surface area contributed by atoms with Gasteiger partial charge in [0.25, 0.3) is 0 Å². The highest BCUT2D eigenvalue weighted by molar-refractivity contribution is 5.61. The Hall–Kier alpha value is -2.56. The van der Waals surface area contributed by atoms with Crippen molar-refractivity contribution in [2.45, 2.75) is 0 Å². The van der Waals surface area contributed by atoms with Gasteiger partial charge in [0.15, 0.2) is 11.5 Å². The van der Waals surface area contributed by atoms with Gasteiger partial charge >= 0.3 is 0 Å². The van der Waals surface area contributed by atoms with Gasteiger partial charge in [0, 0.05) is 5.56 Å². The van der Waals surface area contributed by atoms with Crippen molar-refractivity contribution in [3.63, 3.8) is 0 Å². The number of pyridine rings is 1. The van der Waals surface area contributed by atoms with Crippen LogP contribution >= 0.6 is 0 Å². The largest absolute Gasteiger partial charge is 0.508 e. The predicted octanol–water partition coefficient (Wildman–Crippen LogP) is 1.81. The van der Waals surface area contributed by atoms with E-state index in [0.717, 1.165) is 5.56 Å². The van der Waals surface area contributed by atoms with E-state index in [1.54, 1.807) is 34.7 Å². The maximum absolute atomic E-state index is 9.45. The third kappa shape index (κ3) is 1.57. The van der Waals surface area contributed by atoms with Gasteiger partial charge in [-0.1, -0.05) is 12.1 Å². The summed E-state index contributed by atoms with van der Waals surface area (Å²) in [6.07, 6.45) is 1.54. The van der Waals surface area contributed by atoms with E-state index < -0.39 is 0 Å². The van der Waals surface area contributed by atoms with Gasteiger partial charge in [0.2, 0.25) is 0 Å². The zero-order valence-electron chi connectivity index (χ0n) is 8.78. The lowest BCUT2D eigenvalue weighted by Crippen LogP contribution is -1.88. The zero-order chi connectivity index (χ0) is 11.8. The number of aromatic hydroxyl groups is 2. The summed E-state index contributed by atoms with van der Waals surface area (Å²) in [4.78, 5) is 0. The number of phenolic OH excluding ortho intramolecular Hbond substituents is 1. The molecular formula is C12H9N3O2. The number of hydrogen-bond donors (Lipinski definition) is 2. The van der Waals surface area contributed by atoms with Crippen molar-refractivity contribution in [2.24, 2.45) is 0 Å². The monoisotopic (exact) mass is 227 g/mol. The quantitative estimate of drug-likeness (QED) is 0.665. The van der Waals surface area contributed by atoms with Crippen molar-refractivity contribution in [1.82, 2.24) is 14.6 Å². The van der Waals surface area contributed by atoms with Crippen LogP contribution in [0.3, 0.4) is 0 Å². The van der Waals surface area contributed by atoms with Gasteiger partial charge in [-0.05, 0) is 24.3 Å². The minimum Gasteiger partial charge on any atom is -0.508 e. The molecule has 84 valence electrons. The molecule has 0 aliphatic heterocycles. The van der Waals surface area contributed by atoms with E-state index in [4.69, 9.17) is 0 Å². The van der Waals surface area contributed by atoms with Crippen LogP contribution in [-0.2, 0) is 0 Å². The van der Waals surface area contributed by atoms with E-state index in [2.05, 4.69) is 10.2 Å². The van der Waals surface area contributed by atoms with Crippen molar-refractivity contribution in [2.75, 3.05) is 0 Å². The third-order valence-corrected chi connectivity index (χ3v) is 2.49. The average Bonchev–Trinajstić information content (AvgIpc) is 2.71. The van der Waals surface area contributed by atoms with Crippen molar-refractivity contribution < 1.29 is 10.2 Å². The first-order chi connectivity index (χ1) is 8.24. The van der Waals surface area contributed by atoms with Crippen molar-refractivity contribution in [3.8, 4) is 22.9 Å². The molecule has 0 fully saturated rings. The zero-order valence-corrected chi connectivity index (χ0v) is 8.78. The summed E-state index contributed by atoms with van der Waals surface area (Å²) in [5, 5.41) is 26.9. The number of fused-ring (bicyclic) bond motifs is 1. The van der Waals surface area contributed by atoms with Crippen molar-refractivity contribution >= 4 is 5.65 Å². The summed E-state index contributed by atoms with van der Waals surface area (Å²) in [7, 11) is 0. The molecule has 3 rings (SSSR count). The molecule has 5 nitrogen and oxygen atoms in total. The summed E-state index contributed by atoms with van der Waals surface area (Å²) in [5.74, 6) is 0.880. The van der Waals surface area contributed by atoms with Crippen LogP contribution in [0.2, 0.25) is 0 Å². The van der Waals surface area contributed by atoms with Crippen LogP contribution in [0, 0.1) is 0 Å². The molecule has 2 heterocycles. The Morgan fingerprint density at radius 3 is 2.65 bits per heavy atom. The van der Waals surface area contributed by atoms with Crippen LogP contribution in [0.25, 0.3) is 17.0 Å². The lowest BCUT2D eigenvalue weighted by Gasteiger charge is -2.01. The van der Waals surface area contributed by atoms with Gasteiger partial charge in [0.05, 0.1) is 6.20 Å². The first-order valence-corrected chi connectivity index (χ1v) is 5.07. The maximum Gasteiger partial charge on any atom is 0.168 e. The molecule has 1 aromatic carbocycles. The maximum atomic E-state index is 9.45. The molecule has 0 bridgehead atoms. The number of rotatable bonds is 1. The molecule has 0 saturated heterocycles. The number of phenols is 1. The Morgan fingerprint density at radius 2 is 1.82 bits per heavy atom. The van der Waals surface area contributed by atoms with Gasteiger partial charge in [-0.3, -0.25) is 4.40 Å². The molecule has 17 heavy (non-hydrogen) atoms. The number of benzene rings is 1. The van der Waals surface area contributed by atoms with Gasteiger partial charge in [0.1, 0.15) is 11.5 Å². The molecule has 0 saturated carbocycles. The fraction of sp³-hybridized carbons (Fsp3) is 0. The molecule has 0 atom stereocenters. The summed E-state index contributed by atoms with van der Waals surface area (Å²) in [6, 6.07) is 9.96. The predicted molar refractivity (Wildman–Crippen MR) is 61.8 cm³/mol. The molecule has 2 N–H and O–H groups in total. The summed E-state index contributed by atoms with van der Waals surface area (Å²) in [5.41, 5.74) is 1.38. The minimum absolute atomic E-state index is 0.138. The summed E-state index contributed by atoms with van der Waals surface area (Å²) < 4.78 is 1.67. The Labute approximate surface area is 96.6 Å². The third-order valence-electron chi connectivity index (χ3n) is 2.49. The van der Waals surface area contributed by atoms with Gasteiger partial charge < -0.3 is 10.2 Å². The summed E-state index contributed by atoms with van der Waals surface area (Å²) in [6.45, 7) is 0. The lowest BCUT2D eigenvalue weighted by atomic mass is 10.2. The van der Waals surface area contributed by atoms with E-state index in [1.165, 1.54) is 6.20 Å². The van der Waals surface area contributed by atoms with Gasteiger partial charge in [-0.2, -0.15) is 0 Å². The minimum atomic E-state index is 0.138. The van der Waals surface area contributed by atoms with E-state index in [9.17, 15) is 10.2 Å². The number of nitrogens with zero attached hydrogens (tertiary/aromatic N) is 3. The first kappa shape index (κ1) is 9.65. The van der Waals surface area contributed by atoms with E-state index in [0.29, 0.717) is 11.5 Å². The molecule has 0 aliphatic carbocycles. The second-order valence-electron chi connectivity index (χ2n) is 3.69. The Bertz CT molecular complexity index is 691.